The molecule has 21 heavy (non-hydrogen) atoms. The van der Waals surface area contributed by atoms with Crippen LogP contribution in [-0.4, -0.2) is 25.8 Å². The molecule has 1 aliphatic carbocycles. The summed E-state index contributed by atoms with van der Waals surface area (Å²) in [5.74, 6) is 0.837. The number of methoxy groups -OCH3 is 1. The van der Waals surface area contributed by atoms with E-state index in [0.29, 0.717) is 11.5 Å². The highest BCUT2D eigenvalue weighted by molar-refractivity contribution is 4.98. The van der Waals surface area contributed by atoms with Gasteiger partial charge in [0, 0.05) is 13.2 Å². The number of likely N-dealkylation sites (N-methyl/N-ethyl adjacent to an activating group) is 1. The average molecular weight is 298 g/mol. The van der Waals surface area contributed by atoms with Crippen molar-refractivity contribution in [2.24, 2.45) is 11.3 Å². The summed E-state index contributed by atoms with van der Waals surface area (Å²) in [4.78, 5) is 0. The molecule has 1 saturated carbocycles. The number of nitrogens with one attached hydrogen (secondary N) is 1. The lowest BCUT2D eigenvalue weighted by molar-refractivity contribution is -0.0895. The summed E-state index contributed by atoms with van der Waals surface area (Å²) >= 11 is 0. The molecule has 0 aromatic carbocycles. The van der Waals surface area contributed by atoms with Crippen molar-refractivity contribution >= 4 is 0 Å². The van der Waals surface area contributed by atoms with Crippen molar-refractivity contribution in [3.05, 3.63) is 0 Å². The fourth-order valence-electron chi connectivity index (χ4n) is 3.96. The van der Waals surface area contributed by atoms with Crippen LogP contribution in [0.3, 0.4) is 0 Å². The standard InChI is InChI=1S/C19H39NO/c1-7-9-10-16(8-2)15-17(20-5)19(21-6)13-11-18(3,4)12-14-19/h16-17,20H,7-15H2,1-6H3. The maximum atomic E-state index is 6.11. The number of hydrogen-bond donors (Lipinski definition) is 1. The van der Waals surface area contributed by atoms with Gasteiger partial charge in [0.05, 0.1) is 5.60 Å². The van der Waals surface area contributed by atoms with Gasteiger partial charge in [-0.2, -0.15) is 0 Å². The third-order valence-electron chi connectivity index (χ3n) is 5.95. The zero-order valence-electron chi connectivity index (χ0n) is 15.4. The Morgan fingerprint density at radius 2 is 1.71 bits per heavy atom. The van der Waals surface area contributed by atoms with E-state index in [4.69, 9.17) is 4.74 Å². The molecule has 1 N–H and O–H groups in total. The molecule has 0 radical (unpaired) electrons. The van der Waals surface area contributed by atoms with E-state index >= 15 is 0 Å². The van der Waals surface area contributed by atoms with Gasteiger partial charge in [-0.25, -0.2) is 0 Å². The first-order valence-electron chi connectivity index (χ1n) is 9.15. The molecule has 1 rings (SSSR count). The summed E-state index contributed by atoms with van der Waals surface area (Å²) in [6, 6.07) is 0.500. The van der Waals surface area contributed by atoms with Crippen LogP contribution in [0, 0.1) is 11.3 Å². The van der Waals surface area contributed by atoms with Gasteiger partial charge in [-0.15, -0.1) is 0 Å². The third kappa shape index (κ3) is 5.25. The molecule has 0 amide bonds. The van der Waals surface area contributed by atoms with Gasteiger partial charge in [0.15, 0.2) is 0 Å². The van der Waals surface area contributed by atoms with E-state index in [1.165, 1.54) is 57.8 Å². The van der Waals surface area contributed by atoms with E-state index in [2.05, 4.69) is 40.1 Å². The Kier molecular flexibility index (Phi) is 7.70. The molecule has 126 valence electrons. The van der Waals surface area contributed by atoms with Crippen LogP contribution in [0.25, 0.3) is 0 Å². The monoisotopic (exact) mass is 297 g/mol. The summed E-state index contributed by atoms with van der Waals surface area (Å²) in [6.07, 6.45) is 11.6. The van der Waals surface area contributed by atoms with Gasteiger partial charge in [0.2, 0.25) is 0 Å². The Labute approximate surface area is 133 Å². The van der Waals surface area contributed by atoms with E-state index in [1.54, 1.807) is 0 Å². The van der Waals surface area contributed by atoms with Gasteiger partial charge in [-0.1, -0.05) is 53.4 Å². The molecule has 1 aliphatic rings. The minimum absolute atomic E-state index is 0.0594. The number of unbranched alkanes of at least 4 members (excludes halogenated alkanes) is 1. The SMILES string of the molecule is CCCCC(CC)CC(NC)C1(OC)CCC(C)(C)CC1. The minimum Gasteiger partial charge on any atom is -0.377 e. The maximum absolute atomic E-state index is 6.11. The molecular formula is C19H39NO. The average Bonchev–Trinajstić information content (AvgIpc) is 2.49. The molecule has 0 aliphatic heterocycles. The quantitative estimate of drug-likeness (QED) is 0.634. The summed E-state index contributed by atoms with van der Waals surface area (Å²) in [6.45, 7) is 9.44. The van der Waals surface area contributed by atoms with Crippen molar-refractivity contribution in [2.75, 3.05) is 14.2 Å². The Morgan fingerprint density at radius 1 is 1.10 bits per heavy atom. The third-order valence-corrected chi connectivity index (χ3v) is 5.95. The van der Waals surface area contributed by atoms with Crippen molar-refractivity contribution in [1.29, 1.82) is 0 Å². The molecule has 0 saturated heterocycles. The van der Waals surface area contributed by atoms with Gasteiger partial charge in [0.1, 0.15) is 0 Å². The summed E-state index contributed by atoms with van der Waals surface area (Å²) < 4.78 is 6.11. The van der Waals surface area contributed by atoms with Crippen molar-refractivity contribution in [1.82, 2.24) is 5.32 Å². The normalized spacial score (nSPS) is 23.7. The van der Waals surface area contributed by atoms with Gasteiger partial charge >= 0.3 is 0 Å². The molecule has 0 aromatic heterocycles. The highest BCUT2D eigenvalue weighted by Crippen LogP contribution is 2.44. The largest absolute Gasteiger partial charge is 0.377 e. The Balaban J connectivity index is 2.71. The van der Waals surface area contributed by atoms with Crippen molar-refractivity contribution < 1.29 is 4.74 Å². The van der Waals surface area contributed by atoms with Crippen LogP contribution in [0.1, 0.15) is 85.5 Å². The van der Waals surface area contributed by atoms with Gasteiger partial charge in [-0.05, 0) is 50.5 Å². The molecule has 0 bridgehead atoms. The van der Waals surface area contributed by atoms with Crippen molar-refractivity contribution in [3.8, 4) is 0 Å². The lowest BCUT2D eigenvalue weighted by Crippen LogP contribution is -2.54. The van der Waals surface area contributed by atoms with Crippen LogP contribution in [0.5, 0.6) is 0 Å². The Hall–Kier alpha value is -0.0800. The van der Waals surface area contributed by atoms with E-state index in [9.17, 15) is 0 Å². The molecule has 2 nitrogen and oxygen atoms in total. The van der Waals surface area contributed by atoms with E-state index in [0.717, 1.165) is 5.92 Å². The Bertz CT molecular complexity index is 277. The predicted octanol–water partition coefficient (Wildman–Crippen LogP) is 5.17. The maximum Gasteiger partial charge on any atom is 0.0831 e. The van der Waals surface area contributed by atoms with Gasteiger partial charge in [0.25, 0.3) is 0 Å². The van der Waals surface area contributed by atoms with Crippen LogP contribution in [-0.2, 0) is 4.74 Å². The number of hydrogen-bond acceptors (Lipinski definition) is 2. The minimum atomic E-state index is 0.0594. The molecule has 2 atom stereocenters. The molecule has 2 heteroatoms. The topological polar surface area (TPSA) is 21.3 Å². The number of ether oxygens (including phenoxy) is 1. The van der Waals surface area contributed by atoms with Gasteiger partial charge in [-0.3, -0.25) is 0 Å². The molecule has 0 aromatic rings. The van der Waals surface area contributed by atoms with E-state index in [-0.39, 0.29) is 5.60 Å². The van der Waals surface area contributed by atoms with Crippen molar-refractivity contribution in [3.63, 3.8) is 0 Å². The van der Waals surface area contributed by atoms with Crippen LogP contribution in [0.4, 0.5) is 0 Å². The molecule has 2 unspecified atom stereocenters. The summed E-state index contributed by atoms with van der Waals surface area (Å²) in [5, 5.41) is 3.61. The molecule has 0 spiro atoms. The zero-order chi connectivity index (χ0) is 15.9. The second-order valence-electron chi connectivity index (χ2n) is 7.93. The first kappa shape index (κ1) is 19.0. The fraction of sp³-hybridized carbons (Fsp3) is 1.00. The first-order valence-corrected chi connectivity index (χ1v) is 9.15. The molecule has 0 heterocycles. The van der Waals surface area contributed by atoms with E-state index < -0.39 is 0 Å². The Morgan fingerprint density at radius 3 is 2.14 bits per heavy atom. The van der Waals surface area contributed by atoms with Crippen LogP contribution in [0.2, 0.25) is 0 Å². The van der Waals surface area contributed by atoms with Crippen LogP contribution >= 0.6 is 0 Å². The van der Waals surface area contributed by atoms with E-state index in [1.807, 2.05) is 7.11 Å². The second-order valence-corrected chi connectivity index (χ2v) is 7.93. The lowest BCUT2D eigenvalue weighted by atomic mass is 9.67. The van der Waals surface area contributed by atoms with Crippen molar-refractivity contribution in [2.45, 2.75) is 97.1 Å². The summed E-state index contributed by atoms with van der Waals surface area (Å²) in [5.41, 5.74) is 0.552. The zero-order valence-corrected chi connectivity index (χ0v) is 15.4. The van der Waals surface area contributed by atoms with Crippen LogP contribution < -0.4 is 5.32 Å². The fourth-order valence-corrected chi connectivity index (χ4v) is 3.96. The highest BCUT2D eigenvalue weighted by atomic mass is 16.5. The molecular weight excluding hydrogens is 258 g/mol. The smallest absolute Gasteiger partial charge is 0.0831 e. The molecule has 1 fully saturated rings. The predicted molar refractivity (Wildman–Crippen MR) is 92.8 cm³/mol. The van der Waals surface area contributed by atoms with Crippen LogP contribution in [0.15, 0.2) is 0 Å². The first-order chi connectivity index (χ1) is 9.93. The van der Waals surface area contributed by atoms with Gasteiger partial charge < -0.3 is 10.1 Å². The lowest BCUT2D eigenvalue weighted by Gasteiger charge is -2.47. The second kappa shape index (κ2) is 8.53. The number of rotatable bonds is 9. The highest BCUT2D eigenvalue weighted by Gasteiger charge is 2.44. The summed E-state index contributed by atoms with van der Waals surface area (Å²) in [7, 11) is 4.05.